The highest BCUT2D eigenvalue weighted by molar-refractivity contribution is 5.91. The number of imidazole rings is 1. The Morgan fingerprint density at radius 3 is 2.84 bits per heavy atom. The lowest BCUT2D eigenvalue weighted by molar-refractivity contribution is -0.116. The normalized spacial score (nSPS) is 11.0. The van der Waals surface area contributed by atoms with E-state index >= 15 is 0 Å². The Morgan fingerprint density at radius 1 is 1.26 bits per heavy atom. The average molecular weight is 423 g/mol. The second-order valence-corrected chi connectivity index (χ2v) is 7.46. The van der Waals surface area contributed by atoms with E-state index in [1.54, 1.807) is 0 Å². The first kappa shape index (κ1) is 22.5. The van der Waals surface area contributed by atoms with Crippen molar-refractivity contribution in [1.82, 2.24) is 19.3 Å². The van der Waals surface area contributed by atoms with Gasteiger partial charge in [0.2, 0.25) is 11.9 Å². The monoisotopic (exact) mass is 422 g/mol. The number of para-hydroxylation sites is 2. The maximum Gasteiger partial charge on any atom is 0.227 e. The second kappa shape index (κ2) is 10.7. The molecule has 0 fully saturated rings. The highest BCUT2D eigenvalue weighted by atomic mass is 16.5. The number of carbonyl (C=O) groups excluding carboxylic acids is 1. The quantitative estimate of drug-likeness (QED) is 0.475. The first-order valence-corrected chi connectivity index (χ1v) is 10.8. The van der Waals surface area contributed by atoms with Crippen LogP contribution in [0.3, 0.4) is 0 Å². The molecule has 0 spiro atoms. The Hall–Kier alpha value is -3.18. The molecule has 164 valence electrons. The van der Waals surface area contributed by atoms with Gasteiger partial charge in [-0.15, -0.1) is 0 Å². The maximum atomic E-state index is 12.7. The summed E-state index contributed by atoms with van der Waals surface area (Å²) in [5, 5.41) is 16.3. The summed E-state index contributed by atoms with van der Waals surface area (Å²) in [5.74, 6) is 0.491. The Bertz CT molecular complexity index is 1080. The van der Waals surface area contributed by atoms with E-state index in [1.807, 2.05) is 54.3 Å². The van der Waals surface area contributed by atoms with Gasteiger partial charge in [0.15, 0.2) is 0 Å². The molecule has 8 nitrogen and oxygen atoms in total. The summed E-state index contributed by atoms with van der Waals surface area (Å²) in [5.41, 5.74) is 4.85. The summed E-state index contributed by atoms with van der Waals surface area (Å²) in [6.07, 6.45) is 2.20. The van der Waals surface area contributed by atoms with Gasteiger partial charge >= 0.3 is 0 Å². The lowest BCUT2D eigenvalue weighted by Crippen LogP contribution is -2.17. The SMILES string of the molecule is CCOCCCn1c(NC(=O)CCc2c(C)nn(CCC#N)c2C)nc2ccccc21. The predicted octanol–water partition coefficient (Wildman–Crippen LogP) is 3.76. The van der Waals surface area contributed by atoms with E-state index in [0.29, 0.717) is 45.0 Å². The number of carbonyl (C=O) groups is 1. The highest BCUT2D eigenvalue weighted by Gasteiger charge is 2.16. The van der Waals surface area contributed by atoms with Crippen LogP contribution in [0.25, 0.3) is 11.0 Å². The number of aryl methyl sites for hydroxylation is 3. The van der Waals surface area contributed by atoms with Gasteiger partial charge < -0.3 is 9.30 Å². The summed E-state index contributed by atoms with van der Waals surface area (Å²) >= 11 is 0. The highest BCUT2D eigenvalue weighted by Crippen LogP contribution is 2.21. The van der Waals surface area contributed by atoms with Crippen LogP contribution < -0.4 is 5.32 Å². The molecule has 1 N–H and O–H groups in total. The molecule has 2 aromatic heterocycles. The number of benzene rings is 1. The van der Waals surface area contributed by atoms with Crippen LogP contribution in [0.2, 0.25) is 0 Å². The number of nitrogens with one attached hydrogen (secondary N) is 1. The van der Waals surface area contributed by atoms with Crippen LogP contribution in [0.1, 0.15) is 43.1 Å². The number of hydrogen-bond acceptors (Lipinski definition) is 5. The van der Waals surface area contributed by atoms with E-state index in [1.165, 1.54) is 0 Å². The van der Waals surface area contributed by atoms with Crippen LogP contribution in [0.5, 0.6) is 0 Å². The van der Waals surface area contributed by atoms with Crippen molar-refractivity contribution in [3.05, 3.63) is 41.2 Å². The fourth-order valence-corrected chi connectivity index (χ4v) is 3.76. The molecule has 3 aromatic rings. The lowest BCUT2D eigenvalue weighted by atomic mass is 10.1. The van der Waals surface area contributed by atoms with Gasteiger partial charge in [0.25, 0.3) is 0 Å². The molecule has 1 aromatic carbocycles. The van der Waals surface area contributed by atoms with Gasteiger partial charge in [-0.25, -0.2) is 4.98 Å². The molecule has 0 atom stereocenters. The van der Waals surface area contributed by atoms with E-state index in [-0.39, 0.29) is 5.91 Å². The molecule has 1 amide bonds. The molecule has 0 radical (unpaired) electrons. The van der Waals surface area contributed by atoms with E-state index in [9.17, 15) is 4.79 Å². The summed E-state index contributed by atoms with van der Waals surface area (Å²) in [7, 11) is 0. The number of fused-ring (bicyclic) bond motifs is 1. The lowest BCUT2D eigenvalue weighted by Gasteiger charge is -2.10. The van der Waals surface area contributed by atoms with Crippen molar-refractivity contribution in [2.24, 2.45) is 0 Å². The first-order chi connectivity index (χ1) is 15.0. The van der Waals surface area contributed by atoms with Crippen molar-refractivity contribution in [2.75, 3.05) is 18.5 Å². The molecule has 0 saturated heterocycles. The van der Waals surface area contributed by atoms with Crippen molar-refractivity contribution in [3.63, 3.8) is 0 Å². The minimum Gasteiger partial charge on any atom is -0.382 e. The van der Waals surface area contributed by atoms with Gasteiger partial charge in [0.05, 0.1) is 35.8 Å². The van der Waals surface area contributed by atoms with Gasteiger partial charge in [-0.1, -0.05) is 12.1 Å². The van der Waals surface area contributed by atoms with Crippen molar-refractivity contribution in [3.8, 4) is 6.07 Å². The number of anilines is 1. The molecule has 3 rings (SSSR count). The minimum absolute atomic E-state index is 0.0788. The summed E-state index contributed by atoms with van der Waals surface area (Å²) in [6.45, 7) is 8.57. The minimum atomic E-state index is -0.0788. The molecule has 0 saturated carbocycles. The molecule has 0 unspecified atom stereocenters. The molecule has 31 heavy (non-hydrogen) atoms. The molecule has 0 bridgehead atoms. The second-order valence-electron chi connectivity index (χ2n) is 7.46. The molecule has 0 aliphatic carbocycles. The van der Waals surface area contributed by atoms with Crippen LogP contribution in [0.15, 0.2) is 24.3 Å². The van der Waals surface area contributed by atoms with Crippen molar-refractivity contribution in [1.29, 1.82) is 5.26 Å². The largest absolute Gasteiger partial charge is 0.382 e. The molecule has 8 heteroatoms. The third-order valence-corrected chi connectivity index (χ3v) is 5.35. The van der Waals surface area contributed by atoms with Gasteiger partial charge in [-0.3, -0.25) is 14.8 Å². The van der Waals surface area contributed by atoms with Gasteiger partial charge in [0.1, 0.15) is 0 Å². The zero-order chi connectivity index (χ0) is 22.2. The Labute approximate surface area is 182 Å². The fourth-order valence-electron chi connectivity index (χ4n) is 3.76. The third-order valence-electron chi connectivity index (χ3n) is 5.35. The number of hydrogen-bond donors (Lipinski definition) is 1. The average Bonchev–Trinajstić information content (AvgIpc) is 3.24. The van der Waals surface area contributed by atoms with E-state index < -0.39 is 0 Å². The summed E-state index contributed by atoms with van der Waals surface area (Å²) in [6, 6.07) is 10.0. The topological polar surface area (TPSA) is 97.8 Å². The van der Waals surface area contributed by atoms with Crippen LogP contribution in [0.4, 0.5) is 5.95 Å². The van der Waals surface area contributed by atoms with Crippen molar-refractivity contribution >= 4 is 22.9 Å². The molecule has 0 aliphatic rings. The van der Waals surface area contributed by atoms with E-state index in [0.717, 1.165) is 41.0 Å². The number of ether oxygens (including phenoxy) is 1. The number of aromatic nitrogens is 4. The van der Waals surface area contributed by atoms with Gasteiger partial charge in [-0.05, 0) is 51.3 Å². The zero-order valence-electron chi connectivity index (χ0n) is 18.5. The molecule has 2 heterocycles. The van der Waals surface area contributed by atoms with Crippen LogP contribution in [0, 0.1) is 25.2 Å². The van der Waals surface area contributed by atoms with Crippen molar-refractivity contribution < 1.29 is 9.53 Å². The van der Waals surface area contributed by atoms with E-state index in [2.05, 4.69) is 21.5 Å². The Kier molecular flexibility index (Phi) is 7.79. The van der Waals surface area contributed by atoms with E-state index in [4.69, 9.17) is 10.00 Å². The van der Waals surface area contributed by atoms with Crippen LogP contribution in [-0.4, -0.2) is 38.5 Å². The fraction of sp³-hybridized carbons (Fsp3) is 0.478. The molecular formula is C23H30N6O2. The number of nitriles is 1. The van der Waals surface area contributed by atoms with Crippen molar-refractivity contribution in [2.45, 2.75) is 59.5 Å². The number of amides is 1. The predicted molar refractivity (Wildman–Crippen MR) is 120 cm³/mol. The number of rotatable bonds is 11. The van der Waals surface area contributed by atoms with Crippen LogP contribution >= 0.6 is 0 Å². The van der Waals surface area contributed by atoms with Gasteiger partial charge in [0, 0.05) is 31.9 Å². The van der Waals surface area contributed by atoms with Gasteiger partial charge in [-0.2, -0.15) is 10.4 Å². The summed E-state index contributed by atoms with van der Waals surface area (Å²) < 4.78 is 9.35. The molecular weight excluding hydrogens is 392 g/mol. The number of nitrogens with zero attached hydrogens (tertiary/aromatic N) is 5. The smallest absolute Gasteiger partial charge is 0.227 e. The Balaban J connectivity index is 1.68. The third kappa shape index (κ3) is 5.50. The summed E-state index contributed by atoms with van der Waals surface area (Å²) in [4.78, 5) is 17.4. The maximum absolute atomic E-state index is 12.7. The van der Waals surface area contributed by atoms with Crippen LogP contribution in [-0.2, 0) is 29.0 Å². The standard InChI is InChI=1S/C23H30N6O2/c1-4-31-16-8-14-28-21-10-6-5-9-20(21)25-23(28)26-22(30)12-11-19-17(2)27-29(18(19)3)15-7-13-24/h5-6,9-10H,4,7-8,11-12,14-16H2,1-3H3,(H,25,26,30). The molecule has 0 aliphatic heterocycles. The zero-order valence-corrected chi connectivity index (χ0v) is 18.5. The first-order valence-electron chi connectivity index (χ1n) is 10.8. The Morgan fingerprint density at radius 2 is 2.06 bits per heavy atom.